The summed E-state index contributed by atoms with van der Waals surface area (Å²) in [4.78, 5) is 29.4. The smallest absolute Gasteiger partial charge is 0.255 e. The molecule has 1 amide bonds. The first-order valence-corrected chi connectivity index (χ1v) is 8.54. The lowest BCUT2D eigenvalue weighted by Crippen LogP contribution is -2.37. The van der Waals surface area contributed by atoms with Crippen LogP contribution in [0.4, 0.5) is 4.39 Å². The number of benzene rings is 1. The zero-order chi connectivity index (χ0) is 18.8. The molecular weight excluding hydrogens is 335 g/mol. The summed E-state index contributed by atoms with van der Waals surface area (Å²) in [5.74, 6) is -0.773. The van der Waals surface area contributed by atoms with Crippen molar-refractivity contribution in [1.29, 1.82) is 0 Å². The van der Waals surface area contributed by atoms with Gasteiger partial charge in [0.05, 0.1) is 11.8 Å². The molecule has 1 aromatic carbocycles. The van der Waals surface area contributed by atoms with Gasteiger partial charge in [0.1, 0.15) is 5.82 Å². The Balaban J connectivity index is 2.03. The van der Waals surface area contributed by atoms with Crippen molar-refractivity contribution in [2.45, 2.75) is 39.9 Å². The summed E-state index contributed by atoms with van der Waals surface area (Å²) in [7, 11) is 0. The minimum Gasteiger partial charge on any atom is -0.332 e. The largest absolute Gasteiger partial charge is 0.332 e. The fourth-order valence-electron chi connectivity index (χ4n) is 2.90. The Labute approximate surface area is 150 Å². The number of aromatic amines is 1. The number of hydrogen-bond acceptors (Lipinski definition) is 3. The Hall–Kier alpha value is -2.96. The van der Waals surface area contributed by atoms with Gasteiger partial charge >= 0.3 is 0 Å². The summed E-state index contributed by atoms with van der Waals surface area (Å²) in [6.07, 6.45) is 3.61. The van der Waals surface area contributed by atoms with E-state index >= 15 is 0 Å². The fraction of sp³-hybridized carbons (Fsp3) is 0.316. The molecule has 3 aromatic rings. The minimum absolute atomic E-state index is 0.102. The molecular formula is C19H21FN4O2. The second-order valence-corrected chi connectivity index (χ2v) is 6.47. The molecule has 0 aliphatic heterocycles. The first-order chi connectivity index (χ1) is 12.4. The molecule has 0 spiro atoms. The Morgan fingerprint density at radius 1 is 1.35 bits per heavy atom. The monoisotopic (exact) mass is 356 g/mol. The molecule has 2 heterocycles. The maximum Gasteiger partial charge on any atom is 0.255 e. The van der Waals surface area contributed by atoms with Crippen molar-refractivity contribution in [1.82, 2.24) is 19.7 Å². The molecule has 3 rings (SSSR count). The molecule has 0 atom stereocenters. The number of fused-ring (bicyclic) bond motifs is 1. The molecule has 136 valence electrons. The van der Waals surface area contributed by atoms with Gasteiger partial charge < -0.3 is 9.88 Å². The van der Waals surface area contributed by atoms with Crippen molar-refractivity contribution in [3.8, 4) is 0 Å². The van der Waals surface area contributed by atoms with E-state index in [1.807, 2.05) is 27.0 Å². The zero-order valence-corrected chi connectivity index (χ0v) is 15.0. The summed E-state index contributed by atoms with van der Waals surface area (Å²) in [5, 5.41) is 4.62. The third kappa shape index (κ3) is 3.51. The predicted octanol–water partition coefficient (Wildman–Crippen LogP) is 2.93. The standard InChI is InChI=1S/C19H21FN4O2/c1-4-23-10-13(9-21-23)11-24(12(2)3)19(26)16-8-18(25)22-17-6-5-14(20)7-15(16)17/h5-10,12H,4,11H2,1-3H3,(H,22,25). The third-order valence-electron chi connectivity index (χ3n) is 4.28. The summed E-state index contributed by atoms with van der Waals surface area (Å²) in [6, 6.07) is 5.12. The number of carbonyl (C=O) groups excluding carboxylic acids is 1. The van der Waals surface area contributed by atoms with Crippen LogP contribution in [0, 0.1) is 5.82 Å². The van der Waals surface area contributed by atoms with E-state index in [2.05, 4.69) is 10.1 Å². The van der Waals surface area contributed by atoms with Crippen LogP contribution < -0.4 is 5.56 Å². The van der Waals surface area contributed by atoms with Crippen LogP contribution >= 0.6 is 0 Å². The first-order valence-electron chi connectivity index (χ1n) is 8.54. The van der Waals surface area contributed by atoms with Crippen LogP contribution in [-0.4, -0.2) is 31.6 Å². The number of carbonyl (C=O) groups is 1. The van der Waals surface area contributed by atoms with Gasteiger partial charge in [-0.2, -0.15) is 5.10 Å². The van der Waals surface area contributed by atoms with Crippen molar-refractivity contribution in [3.63, 3.8) is 0 Å². The molecule has 6 nitrogen and oxygen atoms in total. The molecule has 0 fully saturated rings. The predicted molar refractivity (Wildman–Crippen MR) is 97.4 cm³/mol. The third-order valence-corrected chi connectivity index (χ3v) is 4.28. The van der Waals surface area contributed by atoms with Crippen LogP contribution in [0.2, 0.25) is 0 Å². The SMILES string of the molecule is CCn1cc(CN(C(=O)c2cc(=O)[nH]c3ccc(F)cc23)C(C)C)cn1. The van der Waals surface area contributed by atoms with Gasteiger partial charge in [-0.3, -0.25) is 14.3 Å². The van der Waals surface area contributed by atoms with Gasteiger partial charge in [-0.15, -0.1) is 0 Å². The molecule has 0 aliphatic carbocycles. The van der Waals surface area contributed by atoms with E-state index in [1.165, 1.54) is 24.3 Å². The van der Waals surface area contributed by atoms with E-state index in [0.29, 0.717) is 17.4 Å². The topological polar surface area (TPSA) is 71.0 Å². The van der Waals surface area contributed by atoms with Crippen LogP contribution in [0.25, 0.3) is 10.9 Å². The number of amides is 1. The molecule has 1 N–H and O–H groups in total. The van der Waals surface area contributed by atoms with Gasteiger partial charge in [0.2, 0.25) is 5.56 Å². The van der Waals surface area contributed by atoms with E-state index in [-0.39, 0.29) is 17.5 Å². The number of aromatic nitrogens is 3. The van der Waals surface area contributed by atoms with Crippen LogP contribution in [0.3, 0.4) is 0 Å². The molecule has 2 aromatic heterocycles. The van der Waals surface area contributed by atoms with Gasteiger partial charge in [0, 0.05) is 47.9 Å². The summed E-state index contributed by atoms with van der Waals surface area (Å²) >= 11 is 0. The lowest BCUT2D eigenvalue weighted by molar-refractivity contribution is 0.0692. The van der Waals surface area contributed by atoms with E-state index < -0.39 is 11.4 Å². The normalized spacial score (nSPS) is 11.3. The van der Waals surface area contributed by atoms with Crippen molar-refractivity contribution >= 4 is 16.8 Å². The van der Waals surface area contributed by atoms with Crippen molar-refractivity contribution in [2.24, 2.45) is 0 Å². The van der Waals surface area contributed by atoms with Crippen molar-refractivity contribution in [2.75, 3.05) is 0 Å². The highest BCUT2D eigenvalue weighted by Gasteiger charge is 2.22. The highest BCUT2D eigenvalue weighted by molar-refractivity contribution is 6.06. The second kappa shape index (κ2) is 7.11. The van der Waals surface area contributed by atoms with Gasteiger partial charge in [-0.1, -0.05) is 0 Å². The molecule has 0 radical (unpaired) electrons. The minimum atomic E-state index is -0.459. The zero-order valence-electron chi connectivity index (χ0n) is 15.0. The quantitative estimate of drug-likeness (QED) is 0.764. The molecule has 0 bridgehead atoms. The van der Waals surface area contributed by atoms with Gasteiger partial charge in [0.15, 0.2) is 0 Å². The lowest BCUT2D eigenvalue weighted by atomic mass is 10.1. The van der Waals surface area contributed by atoms with E-state index in [9.17, 15) is 14.0 Å². The van der Waals surface area contributed by atoms with Gasteiger partial charge in [-0.25, -0.2) is 4.39 Å². The van der Waals surface area contributed by atoms with E-state index in [0.717, 1.165) is 12.1 Å². The molecule has 26 heavy (non-hydrogen) atoms. The number of hydrogen-bond donors (Lipinski definition) is 1. The molecule has 7 heteroatoms. The molecule has 0 unspecified atom stereocenters. The fourth-order valence-corrected chi connectivity index (χ4v) is 2.90. The van der Waals surface area contributed by atoms with Crippen LogP contribution in [0.15, 0.2) is 41.5 Å². The molecule has 0 saturated heterocycles. The van der Waals surface area contributed by atoms with E-state index in [1.54, 1.807) is 15.8 Å². The Bertz CT molecular complexity index is 1010. The Morgan fingerprint density at radius 2 is 2.12 bits per heavy atom. The summed E-state index contributed by atoms with van der Waals surface area (Å²) in [6.45, 7) is 6.89. The first kappa shape index (κ1) is 17.8. The highest BCUT2D eigenvalue weighted by atomic mass is 19.1. The Morgan fingerprint density at radius 3 is 2.77 bits per heavy atom. The van der Waals surface area contributed by atoms with Crippen LogP contribution in [0.1, 0.15) is 36.7 Å². The van der Waals surface area contributed by atoms with Crippen LogP contribution in [0.5, 0.6) is 0 Å². The van der Waals surface area contributed by atoms with E-state index in [4.69, 9.17) is 0 Å². The Kier molecular flexibility index (Phi) is 4.88. The number of H-pyrrole nitrogens is 1. The highest BCUT2D eigenvalue weighted by Crippen LogP contribution is 2.20. The number of halogens is 1. The number of nitrogens with zero attached hydrogens (tertiary/aromatic N) is 3. The number of nitrogens with one attached hydrogen (secondary N) is 1. The summed E-state index contributed by atoms with van der Waals surface area (Å²) in [5.41, 5.74) is 1.13. The number of aryl methyl sites for hydroxylation is 1. The lowest BCUT2D eigenvalue weighted by Gasteiger charge is -2.26. The average Bonchev–Trinajstić information content (AvgIpc) is 3.06. The van der Waals surface area contributed by atoms with Gasteiger partial charge in [0.25, 0.3) is 5.91 Å². The van der Waals surface area contributed by atoms with Gasteiger partial charge in [-0.05, 0) is 39.0 Å². The number of pyridine rings is 1. The summed E-state index contributed by atoms with van der Waals surface area (Å²) < 4.78 is 15.5. The molecule has 0 aliphatic rings. The second-order valence-electron chi connectivity index (χ2n) is 6.47. The maximum atomic E-state index is 13.7. The average molecular weight is 356 g/mol. The number of rotatable bonds is 5. The van der Waals surface area contributed by atoms with Crippen LogP contribution in [-0.2, 0) is 13.1 Å². The van der Waals surface area contributed by atoms with Crippen molar-refractivity contribution in [3.05, 3.63) is 64.0 Å². The molecule has 0 saturated carbocycles. The maximum absolute atomic E-state index is 13.7. The van der Waals surface area contributed by atoms with Crippen molar-refractivity contribution < 1.29 is 9.18 Å².